The van der Waals surface area contributed by atoms with E-state index in [1.165, 1.54) is 0 Å². The molecule has 1 aromatic heterocycles. The predicted octanol–water partition coefficient (Wildman–Crippen LogP) is 4.74. The summed E-state index contributed by atoms with van der Waals surface area (Å²) >= 11 is -0.126. The van der Waals surface area contributed by atoms with Gasteiger partial charge < -0.3 is 0 Å². The molecule has 4 rings (SSSR count). The van der Waals surface area contributed by atoms with Crippen molar-refractivity contribution in [3.63, 3.8) is 0 Å². The van der Waals surface area contributed by atoms with Crippen LogP contribution >= 0.6 is 0 Å². The number of anilines is 1. The molecule has 1 heterocycles. The van der Waals surface area contributed by atoms with Crippen molar-refractivity contribution in [3.8, 4) is 32.8 Å². The van der Waals surface area contributed by atoms with Crippen molar-refractivity contribution < 1.29 is 14.3 Å². The summed E-state index contributed by atoms with van der Waals surface area (Å²) in [4.78, 5) is 17.7. The van der Waals surface area contributed by atoms with Crippen LogP contribution in [0.5, 0.6) is 11.5 Å². The van der Waals surface area contributed by atoms with Gasteiger partial charge in [0.1, 0.15) is 0 Å². The molecule has 150 valence electrons. The fourth-order valence-corrected chi connectivity index (χ4v) is 5.17. The molecule has 1 N–H and O–H groups in total. The second kappa shape index (κ2) is 8.99. The van der Waals surface area contributed by atoms with Crippen molar-refractivity contribution in [2.24, 2.45) is 0 Å². The van der Waals surface area contributed by atoms with Gasteiger partial charge in [0.2, 0.25) is 0 Å². The molecule has 0 aliphatic heterocycles. The van der Waals surface area contributed by atoms with Crippen LogP contribution in [0.1, 0.15) is 10.4 Å². The second-order valence-electron chi connectivity index (χ2n) is 6.45. The summed E-state index contributed by atoms with van der Waals surface area (Å²) in [5.74, 6) is 0.867. The number of nitrogens with zero attached hydrogens (tertiary/aromatic N) is 1. The molecular weight excluding hydrogens is 443 g/mol. The van der Waals surface area contributed by atoms with E-state index in [9.17, 15) is 4.79 Å². The summed E-state index contributed by atoms with van der Waals surface area (Å²) in [7, 11) is 3.11. The maximum absolute atomic E-state index is 12.9. The molecule has 0 atom stereocenters. The zero-order valence-electron chi connectivity index (χ0n) is 16.6. The Balaban J connectivity index is 1.68. The van der Waals surface area contributed by atoms with E-state index < -0.39 is 0 Å². The van der Waals surface area contributed by atoms with Gasteiger partial charge in [-0.3, -0.25) is 0 Å². The van der Waals surface area contributed by atoms with Gasteiger partial charge in [-0.25, -0.2) is 0 Å². The van der Waals surface area contributed by atoms with Crippen LogP contribution in [0, 0.1) is 0 Å². The molecule has 0 saturated heterocycles. The van der Waals surface area contributed by atoms with Crippen LogP contribution in [0.2, 0.25) is 0 Å². The van der Waals surface area contributed by atoms with Crippen molar-refractivity contribution >= 4 is 25.1 Å². The number of hydrogen-bond donors (Lipinski definition) is 1. The van der Waals surface area contributed by atoms with Crippen LogP contribution in [0.15, 0.2) is 78.9 Å². The Morgan fingerprint density at radius 2 is 1.47 bits per heavy atom. The third-order valence-electron chi connectivity index (χ3n) is 4.58. The summed E-state index contributed by atoms with van der Waals surface area (Å²) < 4.78 is 12.4. The van der Waals surface area contributed by atoms with Crippen molar-refractivity contribution in [2.75, 3.05) is 19.5 Å². The van der Waals surface area contributed by atoms with Gasteiger partial charge in [-0.15, -0.1) is 0 Å². The van der Waals surface area contributed by atoms with Gasteiger partial charge in [0.25, 0.3) is 0 Å². The van der Waals surface area contributed by atoms with Crippen LogP contribution in [0.25, 0.3) is 21.3 Å². The molecule has 6 heteroatoms. The van der Waals surface area contributed by atoms with Gasteiger partial charge in [0.05, 0.1) is 0 Å². The predicted molar refractivity (Wildman–Crippen MR) is 120 cm³/mol. The Morgan fingerprint density at radius 3 is 2.10 bits per heavy atom. The molecule has 30 heavy (non-hydrogen) atoms. The van der Waals surface area contributed by atoms with Crippen LogP contribution in [0.4, 0.5) is 4.69 Å². The molecule has 4 aromatic rings. The number of ether oxygens (including phenoxy) is 2. The van der Waals surface area contributed by atoms with Crippen molar-refractivity contribution in [3.05, 3.63) is 84.4 Å². The normalized spacial score (nSPS) is 10.5. The number of amides is 1. The molecule has 0 bridgehead atoms. The van der Waals surface area contributed by atoms with Gasteiger partial charge in [-0.1, -0.05) is 0 Å². The molecule has 0 aliphatic carbocycles. The summed E-state index contributed by atoms with van der Waals surface area (Å²) in [6.45, 7) is 0. The summed E-state index contributed by atoms with van der Waals surface area (Å²) in [6.07, 6.45) is 0. The molecule has 0 saturated carbocycles. The minimum absolute atomic E-state index is 0.126. The van der Waals surface area contributed by atoms with Crippen LogP contribution in [-0.2, 0) is 0 Å². The van der Waals surface area contributed by atoms with Gasteiger partial charge >= 0.3 is 181 Å². The number of rotatable bonds is 6. The van der Waals surface area contributed by atoms with Gasteiger partial charge in [-0.2, -0.15) is 0 Å². The molecule has 0 unspecified atom stereocenters. The second-order valence-corrected chi connectivity index (χ2v) is 8.55. The molecule has 0 spiro atoms. The average molecular weight is 463 g/mol. The van der Waals surface area contributed by atoms with E-state index in [4.69, 9.17) is 14.5 Å². The monoisotopic (exact) mass is 464 g/mol. The first-order valence-corrected chi connectivity index (χ1v) is 11.1. The molecule has 3 aromatic carbocycles. The fourth-order valence-electron chi connectivity index (χ4n) is 3.10. The minimum atomic E-state index is -0.224. The van der Waals surface area contributed by atoms with Crippen LogP contribution < -0.4 is 14.8 Å². The Labute approximate surface area is 181 Å². The number of carbonyl (C=O) groups is 1. The quantitative estimate of drug-likeness (QED) is 0.420. The molecule has 0 fully saturated rings. The SMILES string of the molecule is COc1ccc(C(=O)Nc2nc(-c3ccccc3)c(-c3ccccc3)[se]2)cc1OC. The maximum atomic E-state index is 12.9. The Kier molecular flexibility index (Phi) is 5.98. The standard InChI is InChI=1S/C24H20N2O3Se/c1-28-19-14-13-18(15-20(19)29-2)23(27)26-24-25-21(16-9-5-3-6-10-16)22(30-24)17-11-7-4-8-12-17/h3-15H,1-2H3,(H,25,26,27). The van der Waals surface area contributed by atoms with E-state index in [1.807, 2.05) is 48.5 Å². The fraction of sp³-hybridized carbons (Fsp3) is 0.0833. The van der Waals surface area contributed by atoms with Gasteiger partial charge in [0, 0.05) is 0 Å². The number of benzene rings is 3. The van der Waals surface area contributed by atoms with E-state index >= 15 is 0 Å². The van der Waals surface area contributed by atoms with Crippen LogP contribution in [0.3, 0.4) is 0 Å². The van der Waals surface area contributed by atoms with Crippen molar-refractivity contribution in [1.29, 1.82) is 0 Å². The first kappa shape index (κ1) is 20.0. The Bertz CT molecular complexity index is 1100. The Hall–Kier alpha value is -3.34. The number of carbonyl (C=O) groups excluding carboxylic acids is 1. The average Bonchev–Trinajstić information content (AvgIpc) is 3.23. The first-order valence-electron chi connectivity index (χ1n) is 9.34. The summed E-state index contributed by atoms with van der Waals surface area (Å²) in [5, 5.41) is 2.98. The first-order chi connectivity index (χ1) is 14.7. The topological polar surface area (TPSA) is 60.5 Å². The zero-order chi connectivity index (χ0) is 20.9. The molecule has 5 nitrogen and oxygen atoms in total. The molecule has 0 aliphatic rings. The Morgan fingerprint density at radius 1 is 0.833 bits per heavy atom. The van der Waals surface area contributed by atoms with Crippen molar-refractivity contribution in [1.82, 2.24) is 4.98 Å². The number of methoxy groups -OCH3 is 2. The van der Waals surface area contributed by atoms with Gasteiger partial charge in [0.15, 0.2) is 0 Å². The molecule has 1 amide bonds. The van der Waals surface area contributed by atoms with Gasteiger partial charge in [-0.05, 0) is 0 Å². The number of hydrogen-bond acceptors (Lipinski definition) is 4. The molecular formula is C24H20N2O3Se. The van der Waals surface area contributed by atoms with Crippen molar-refractivity contribution in [2.45, 2.75) is 0 Å². The van der Waals surface area contributed by atoms with E-state index in [0.29, 0.717) is 21.8 Å². The van der Waals surface area contributed by atoms with E-state index in [0.717, 1.165) is 21.3 Å². The number of aromatic nitrogens is 1. The van der Waals surface area contributed by atoms with E-state index in [2.05, 4.69) is 17.4 Å². The van der Waals surface area contributed by atoms with Crippen LogP contribution in [-0.4, -0.2) is 39.6 Å². The third kappa shape index (κ3) is 4.15. The third-order valence-corrected chi connectivity index (χ3v) is 6.72. The molecule has 0 radical (unpaired) electrons. The summed E-state index contributed by atoms with van der Waals surface area (Å²) in [6, 6.07) is 25.3. The zero-order valence-corrected chi connectivity index (χ0v) is 18.3. The van der Waals surface area contributed by atoms with E-state index in [-0.39, 0.29) is 20.4 Å². The summed E-state index contributed by atoms with van der Waals surface area (Å²) in [5.41, 5.74) is 3.55. The number of nitrogens with one attached hydrogen (secondary N) is 1. The van der Waals surface area contributed by atoms with E-state index in [1.54, 1.807) is 32.4 Å².